The Morgan fingerprint density at radius 1 is 0.735 bits per heavy atom. The predicted molar refractivity (Wildman–Crippen MR) is 188 cm³/mol. The molecule has 1 atom stereocenters. The van der Waals surface area contributed by atoms with Gasteiger partial charge in [0.2, 0.25) is 5.91 Å². The zero-order valence-corrected chi connectivity index (χ0v) is 28.4. The number of hydrogen-bond donors (Lipinski definition) is 2. The average Bonchev–Trinajstić information content (AvgIpc) is 3.10. The molecule has 2 N–H and O–H groups in total. The van der Waals surface area contributed by atoms with Crippen molar-refractivity contribution in [1.82, 2.24) is 10.2 Å². The van der Waals surface area contributed by atoms with Crippen molar-refractivity contribution >= 4 is 50.7 Å². The Morgan fingerprint density at radius 3 is 1.94 bits per heavy atom. The first-order valence-corrected chi connectivity index (χ1v) is 17.4. The number of nitrogens with zero attached hydrogens (tertiary/aromatic N) is 1. The van der Waals surface area contributed by atoms with Gasteiger partial charge in [-0.2, -0.15) is 0 Å². The summed E-state index contributed by atoms with van der Waals surface area (Å²) in [5, 5.41) is 4.07. The minimum absolute atomic E-state index is 0.0554. The van der Waals surface area contributed by atoms with Gasteiger partial charge in [-0.15, -0.1) is 0 Å². The lowest BCUT2D eigenvalue weighted by Gasteiger charge is -2.31. The normalized spacial score (nSPS) is 11.7. The number of amides is 2. The topological polar surface area (TPSA) is 105 Å². The Bertz CT molecular complexity index is 1960. The van der Waals surface area contributed by atoms with E-state index in [-0.39, 0.29) is 41.7 Å². The molecule has 12 heteroatoms. The number of carbonyl (C=O) groups excluding carboxylic acids is 2. The second kappa shape index (κ2) is 16.5. The molecule has 0 aliphatic heterocycles. The molecule has 0 aliphatic carbocycles. The number of sulfonamides is 1. The zero-order chi connectivity index (χ0) is 34.8. The first kappa shape index (κ1) is 35.4. The van der Waals surface area contributed by atoms with Gasteiger partial charge < -0.3 is 15.0 Å². The molecule has 0 saturated heterocycles. The summed E-state index contributed by atoms with van der Waals surface area (Å²) < 4.78 is 47.1. The molecule has 0 saturated carbocycles. The fourth-order valence-electron chi connectivity index (χ4n) is 4.92. The van der Waals surface area contributed by atoms with Crippen LogP contribution in [0.5, 0.6) is 5.75 Å². The first-order valence-electron chi connectivity index (χ1n) is 15.2. The second-order valence-corrected chi connectivity index (χ2v) is 13.6. The summed E-state index contributed by atoms with van der Waals surface area (Å²) in [7, 11) is -3.97. The van der Waals surface area contributed by atoms with Crippen LogP contribution < -0.4 is 14.8 Å². The molecule has 0 fully saturated rings. The SMILES string of the molecule is O=C(NCc1ccc(Cl)cc1)[C@H](Cc1ccccc1)N(Cc1ccc(Cl)cc1)C(=O)COc1ccc(S(=O)(=O)Nc2ccc(F)cc2)cc1. The smallest absolute Gasteiger partial charge is 0.261 e. The van der Waals surface area contributed by atoms with Gasteiger partial charge in [0.05, 0.1) is 4.90 Å². The molecular formula is C37H32Cl2FN3O5S. The van der Waals surface area contributed by atoms with Gasteiger partial charge in [0.25, 0.3) is 15.9 Å². The Kier molecular flexibility index (Phi) is 11.9. The fraction of sp³-hybridized carbons (Fsp3) is 0.135. The Morgan fingerprint density at radius 2 is 1.33 bits per heavy atom. The van der Waals surface area contributed by atoms with E-state index in [4.69, 9.17) is 27.9 Å². The van der Waals surface area contributed by atoms with Crippen LogP contribution in [0.15, 0.2) is 132 Å². The van der Waals surface area contributed by atoms with Crippen LogP contribution in [0, 0.1) is 5.82 Å². The van der Waals surface area contributed by atoms with E-state index in [2.05, 4.69) is 10.0 Å². The molecule has 49 heavy (non-hydrogen) atoms. The van der Waals surface area contributed by atoms with Gasteiger partial charge in [0.15, 0.2) is 6.61 Å². The van der Waals surface area contributed by atoms with Crippen LogP contribution in [-0.4, -0.2) is 37.8 Å². The van der Waals surface area contributed by atoms with E-state index in [1.807, 2.05) is 42.5 Å². The van der Waals surface area contributed by atoms with Crippen molar-refractivity contribution in [2.24, 2.45) is 0 Å². The standard InChI is InChI=1S/C37H32Cl2FN3O5S/c38-29-10-6-27(7-11-29)23-41-37(45)35(22-26-4-2-1-3-5-26)43(24-28-8-12-30(39)13-9-28)36(44)25-48-33-18-20-34(21-19-33)49(46,47)42-32-16-14-31(40)15-17-32/h1-21,35,42H,22-25H2,(H,41,45)/t35-/m0/s1. The molecule has 0 radical (unpaired) electrons. The molecule has 0 aromatic heterocycles. The number of halogens is 3. The number of ether oxygens (including phenoxy) is 1. The van der Waals surface area contributed by atoms with Crippen LogP contribution >= 0.6 is 23.2 Å². The Labute approximate surface area is 294 Å². The first-order chi connectivity index (χ1) is 23.6. The van der Waals surface area contributed by atoms with Crippen molar-refractivity contribution in [2.75, 3.05) is 11.3 Å². The van der Waals surface area contributed by atoms with Crippen molar-refractivity contribution < 1.29 is 27.1 Å². The summed E-state index contributed by atoms with van der Waals surface area (Å²) in [6.07, 6.45) is 0.236. The van der Waals surface area contributed by atoms with Gasteiger partial charge >= 0.3 is 0 Å². The number of hydrogen-bond acceptors (Lipinski definition) is 5. The highest BCUT2D eigenvalue weighted by molar-refractivity contribution is 7.92. The maximum Gasteiger partial charge on any atom is 0.261 e. The van der Waals surface area contributed by atoms with Gasteiger partial charge in [-0.05, 0) is 89.5 Å². The largest absolute Gasteiger partial charge is 0.484 e. The van der Waals surface area contributed by atoms with Crippen LogP contribution in [0.25, 0.3) is 0 Å². The average molecular weight is 721 g/mol. The summed E-state index contributed by atoms with van der Waals surface area (Å²) in [5.74, 6) is -1.07. The minimum atomic E-state index is -3.97. The van der Waals surface area contributed by atoms with E-state index < -0.39 is 34.4 Å². The van der Waals surface area contributed by atoms with E-state index in [9.17, 15) is 22.4 Å². The van der Waals surface area contributed by atoms with Crippen LogP contribution in [0.2, 0.25) is 10.0 Å². The quantitative estimate of drug-likeness (QED) is 0.126. The molecule has 0 unspecified atom stereocenters. The molecule has 8 nitrogen and oxygen atoms in total. The molecule has 2 amide bonds. The third kappa shape index (κ3) is 10.3. The molecule has 5 aromatic carbocycles. The minimum Gasteiger partial charge on any atom is -0.484 e. The molecule has 252 valence electrons. The monoisotopic (exact) mass is 719 g/mol. The van der Waals surface area contributed by atoms with Crippen molar-refractivity contribution in [1.29, 1.82) is 0 Å². The maximum absolute atomic E-state index is 13.9. The number of rotatable bonds is 14. The number of benzene rings is 5. The molecule has 5 rings (SSSR count). The van der Waals surface area contributed by atoms with E-state index >= 15 is 0 Å². The number of carbonyl (C=O) groups is 2. The van der Waals surface area contributed by atoms with Gasteiger partial charge in [-0.3, -0.25) is 14.3 Å². The van der Waals surface area contributed by atoms with Crippen LogP contribution in [0.3, 0.4) is 0 Å². The van der Waals surface area contributed by atoms with E-state index in [1.165, 1.54) is 41.3 Å². The van der Waals surface area contributed by atoms with E-state index in [0.29, 0.717) is 10.0 Å². The maximum atomic E-state index is 13.9. The molecular weight excluding hydrogens is 688 g/mol. The van der Waals surface area contributed by atoms with Crippen LogP contribution in [0.1, 0.15) is 16.7 Å². The summed E-state index contributed by atoms with van der Waals surface area (Å²) >= 11 is 12.1. The highest BCUT2D eigenvalue weighted by atomic mass is 35.5. The third-order valence-corrected chi connectivity index (χ3v) is 9.41. The van der Waals surface area contributed by atoms with Crippen LogP contribution in [0.4, 0.5) is 10.1 Å². The third-order valence-electron chi connectivity index (χ3n) is 7.51. The number of nitrogens with one attached hydrogen (secondary N) is 2. The van der Waals surface area contributed by atoms with Gasteiger partial charge in [-0.1, -0.05) is 77.8 Å². The van der Waals surface area contributed by atoms with E-state index in [1.54, 1.807) is 36.4 Å². The number of anilines is 1. The lowest BCUT2D eigenvalue weighted by atomic mass is 10.0. The molecule has 0 aliphatic rings. The summed E-state index contributed by atoms with van der Waals surface area (Å²) in [6, 6.07) is 33.0. The molecule has 0 spiro atoms. The van der Waals surface area contributed by atoms with Crippen molar-refractivity contribution in [3.8, 4) is 5.75 Å². The lowest BCUT2D eigenvalue weighted by molar-refractivity contribution is -0.142. The predicted octanol–water partition coefficient (Wildman–Crippen LogP) is 7.27. The van der Waals surface area contributed by atoms with Gasteiger partial charge in [0, 0.05) is 35.2 Å². The van der Waals surface area contributed by atoms with Crippen LogP contribution in [-0.2, 0) is 39.1 Å². The van der Waals surface area contributed by atoms with Crippen molar-refractivity contribution in [3.63, 3.8) is 0 Å². The van der Waals surface area contributed by atoms with E-state index in [0.717, 1.165) is 28.8 Å². The molecule has 5 aromatic rings. The fourth-order valence-corrected chi connectivity index (χ4v) is 6.24. The van der Waals surface area contributed by atoms with Gasteiger partial charge in [-0.25, -0.2) is 12.8 Å². The molecule has 0 heterocycles. The summed E-state index contributed by atoms with van der Waals surface area (Å²) in [5.41, 5.74) is 2.66. The van der Waals surface area contributed by atoms with Crippen molar-refractivity contribution in [2.45, 2.75) is 30.4 Å². The highest BCUT2D eigenvalue weighted by Gasteiger charge is 2.31. The van der Waals surface area contributed by atoms with Crippen molar-refractivity contribution in [3.05, 3.63) is 160 Å². The Balaban J connectivity index is 1.34. The highest BCUT2D eigenvalue weighted by Crippen LogP contribution is 2.21. The second-order valence-electron chi connectivity index (χ2n) is 11.1. The summed E-state index contributed by atoms with van der Waals surface area (Å²) in [6.45, 7) is -0.104. The lowest BCUT2D eigenvalue weighted by Crippen LogP contribution is -2.51. The summed E-state index contributed by atoms with van der Waals surface area (Å²) in [4.78, 5) is 29.2. The Hall–Kier alpha value is -4.90. The molecule has 0 bridgehead atoms. The van der Waals surface area contributed by atoms with Gasteiger partial charge in [0.1, 0.15) is 17.6 Å². The zero-order valence-electron chi connectivity index (χ0n) is 26.1.